The third-order valence-electron chi connectivity index (χ3n) is 2.96. The van der Waals surface area contributed by atoms with Crippen molar-refractivity contribution < 1.29 is 9.59 Å². The number of rotatable bonds is 2. The predicted octanol–water partition coefficient (Wildman–Crippen LogP) is 0.168. The van der Waals surface area contributed by atoms with Gasteiger partial charge in [0, 0.05) is 32.0 Å². The molecule has 1 aromatic heterocycles. The van der Waals surface area contributed by atoms with Crippen LogP contribution in [0.2, 0.25) is 0 Å². The van der Waals surface area contributed by atoms with Crippen molar-refractivity contribution in [1.82, 2.24) is 9.78 Å². The standard InChI is InChI=1S/C11H16N4O2/c1-7-3-9(16)15(10(17)4-7)11-8(5-12)6-13-14(11)2/h6-7H,3-5,12H2,1-2H3. The second-order valence-electron chi connectivity index (χ2n) is 4.46. The third kappa shape index (κ3) is 1.95. The average Bonchev–Trinajstić information content (AvgIpc) is 2.59. The molecule has 2 amide bonds. The zero-order chi connectivity index (χ0) is 12.6. The topological polar surface area (TPSA) is 81.2 Å². The molecule has 0 spiro atoms. The Morgan fingerprint density at radius 2 is 2.00 bits per heavy atom. The van der Waals surface area contributed by atoms with E-state index in [4.69, 9.17) is 5.73 Å². The molecule has 1 saturated heterocycles. The van der Waals surface area contributed by atoms with Gasteiger partial charge in [0.25, 0.3) is 0 Å². The third-order valence-corrected chi connectivity index (χ3v) is 2.96. The number of anilines is 1. The fraction of sp³-hybridized carbons (Fsp3) is 0.545. The number of aromatic nitrogens is 2. The number of aryl methyl sites for hydroxylation is 1. The first kappa shape index (κ1) is 11.8. The van der Waals surface area contributed by atoms with Crippen LogP contribution < -0.4 is 10.6 Å². The van der Waals surface area contributed by atoms with Crippen molar-refractivity contribution in [1.29, 1.82) is 0 Å². The largest absolute Gasteiger partial charge is 0.326 e. The normalized spacial score (nSPS) is 17.9. The van der Waals surface area contributed by atoms with Crippen LogP contribution >= 0.6 is 0 Å². The molecule has 0 aromatic carbocycles. The maximum absolute atomic E-state index is 12.0. The maximum Gasteiger partial charge on any atom is 0.235 e. The van der Waals surface area contributed by atoms with Gasteiger partial charge in [0.05, 0.1) is 6.20 Å². The molecule has 0 bridgehead atoms. The molecule has 1 aliphatic rings. The second-order valence-corrected chi connectivity index (χ2v) is 4.46. The summed E-state index contributed by atoms with van der Waals surface area (Å²) in [7, 11) is 1.70. The van der Waals surface area contributed by atoms with E-state index in [1.54, 1.807) is 13.2 Å². The van der Waals surface area contributed by atoms with E-state index in [0.717, 1.165) is 0 Å². The lowest BCUT2D eigenvalue weighted by Gasteiger charge is -2.28. The van der Waals surface area contributed by atoms with Crippen LogP contribution in [0.5, 0.6) is 0 Å². The summed E-state index contributed by atoms with van der Waals surface area (Å²) in [5.41, 5.74) is 6.30. The molecule has 2 N–H and O–H groups in total. The van der Waals surface area contributed by atoms with Gasteiger partial charge in [-0.25, -0.2) is 4.90 Å². The van der Waals surface area contributed by atoms with Gasteiger partial charge in [0.1, 0.15) is 5.82 Å². The number of nitrogens with two attached hydrogens (primary N) is 1. The lowest BCUT2D eigenvalue weighted by atomic mass is 9.97. The monoisotopic (exact) mass is 236 g/mol. The van der Waals surface area contributed by atoms with Gasteiger partial charge >= 0.3 is 0 Å². The molecule has 2 rings (SSSR count). The van der Waals surface area contributed by atoms with E-state index < -0.39 is 0 Å². The fourth-order valence-corrected chi connectivity index (χ4v) is 2.14. The molecule has 1 aliphatic heterocycles. The van der Waals surface area contributed by atoms with Crippen LogP contribution in [0.25, 0.3) is 0 Å². The highest BCUT2D eigenvalue weighted by Gasteiger charge is 2.34. The Bertz CT molecular complexity index is 448. The van der Waals surface area contributed by atoms with E-state index in [1.165, 1.54) is 9.58 Å². The molecule has 0 saturated carbocycles. The average molecular weight is 236 g/mol. The number of carbonyl (C=O) groups is 2. The quantitative estimate of drug-likeness (QED) is 0.742. The minimum absolute atomic E-state index is 0.112. The van der Waals surface area contributed by atoms with Crippen LogP contribution in [0.3, 0.4) is 0 Å². The van der Waals surface area contributed by atoms with E-state index in [-0.39, 0.29) is 24.3 Å². The van der Waals surface area contributed by atoms with Gasteiger partial charge in [-0.2, -0.15) is 5.10 Å². The van der Waals surface area contributed by atoms with Crippen LogP contribution in [0, 0.1) is 5.92 Å². The number of nitrogens with zero attached hydrogens (tertiary/aromatic N) is 3. The van der Waals surface area contributed by atoms with Gasteiger partial charge in [0.15, 0.2) is 0 Å². The number of amides is 2. The molecular formula is C11H16N4O2. The van der Waals surface area contributed by atoms with E-state index in [2.05, 4.69) is 5.10 Å². The van der Waals surface area contributed by atoms with Gasteiger partial charge in [-0.05, 0) is 5.92 Å². The van der Waals surface area contributed by atoms with E-state index in [0.29, 0.717) is 24.2 Å². The number of piperidine rings is 1. The first-order valence-electron chi connectivity index (χ1n) is 5.61. The van der Waals surface area contributed by atoms with Gasteiger partial charge in [-0.1, -0.05) is 6.92 Å². The van der Waals surface area contributed by atoms with Gasteiger partial charge in [-0.15, -0.1) is 0 Å². The molecular weight excluding hydrogens is 220 g/mol. The highest BCUT2D eigenvalue weighted by Crippen LogP contribution is 2.27. The number of hydrogen-bond donors (Lipinski definition) is 1. The minimum atomic E-state index is -0.174. The van der Waals surface area contributed by atoms with Crippen molar-refractivity contribution in [3.63, 3.8) is 0 Å². The highest BCUT2D eigenvalue weighted by molar-refractivity contribution is 6.16. The summed E-state index contributed by atoms with van der Waals surface area (Å²) in [6.45, 7) is 2.16. The second kappa shape index (κ2) is 4.29. The first-order valence-corrected chi connectivity index (χ1v) is 5.61. The van der Waals surface area contributed by atoms with Gasteiger partial charge < -0.3 is 5.73 Å². The van der Waals surface area contributed by atoms with Crippen molar-refractivity contribution in [3.05, 3.63) is 11.8 Å². The molecule has 6 nitrogen and oxygen atoms in total. The molecule has 17 heavy (non-hydrogen) atoms. The summed E-state index contributed by atoms with van der Waals surface area (Å²) in [5, 5.41) is 4.04. The van der Waals surface area contributed by atoms with Crippen LogP contribution in [0.1, 0.15) is 25.3 Å². The van der Waals surface area contributed by atoms with Crippen molar-refractivity contribution >= 4 is 17.6 Å². The summed E-state index contributed by atoms with van der Waals surface area (Å²) >= 11 is 0. The zero-order valence-electron chi connectivity index (χ0n) is 10.0. The lowest BCUT2D eigenvalue weighted by molar-refractivity contribution is -0.130. The molecule has 0 atom stereocenters. The van der Waals surface area contributed by atoms with E-state index >= 15 is 0 Å². The number of imide groups is 1. The Hall–Kier alpha value is -1.69. The smallest absolute Gasteiger partial charge is 0.235 e. The maximum atomic E-state index is 12.0. The summed E-state index contributed by atoms with van der Waals surface area (Å²) in [6.07, 6.45) is 2.37. The van der Waals surface area contributed by atoms with Crippen molar-refractivity contribution in [3.8, 4) is 0 Å². The SMILES string of the molecule is CC1CC(=O)N(c2c(CN)cnn2C)C(=O)C1. The van der Waals surface area contributed by atoms with Crippen LogP contribution in [-0.4, -0.2) is 21.6 Å². The van der Waals surface area contributed by atoms with Crippen LogP contribution in [0.15, 0.2) is 6.20 Å². The molecule has 1 fully saturated rings. The number of carbonyl (C=O) groups excluding carboxylic acids is 2. The summed E-state index contributed by atoms with van der Waals surface area (Å²) in [5.74, 6) is 0.273. The van der Waals surface area contributed by atoms with Crippen molar-refractivity contribution in [2.45, 2.75) is 26.3 Å². The zero-order valence-corrected chi connectivity index (χ0v) is 10.0. The summed E-state index contributed by atoms with van der Waals surface area (Å²) < 4.78 is 1.52. The van der Waals surface area contributed by atoms with Gasteiger partial charge in [-0.3, -0.25) is 14.3 Å². The van der Waals surface area contributed by atoms with E-state index in [9.17, 15) is 9.59 Å². The molecule has 0 aliphatic carbocycles. The Morgan fingerprint density at radius 3 is 2.53 bits per heavy atom. The fourth-order valence-electron chi connectivity index (χ4n) is 2.14. The Balaban J connectivity index is 2.41. The van der Waals surface area contributed by atoms with E-state index in [1.807, 2.05) is 6.92 Å². The molecule has 92 valence electrons. The molecule has 6 heteroatoms. The van der Waals surface area contributed by atoms with Crippen molar-refractivity contribution in [2.24, 2.45) is 18.7 Å². The molecule has 1 aromatic rings. The molecule has 0 radical (unpaired) electrons. The molecule has 0 unspecified atom stereocenters. The highest BCUT2D eigenvalue weighted by atomic mass is 16.2. The lowest BCUT2D eigenvalue weighted by Crippen LogP contribution is -2.44. The Kier molecular flexibility index (Phi) is 2.97. The minimum Gasteiger partial charge on any atom is -0.326 e. The van der Waals surface area contributed by atoms with Crippen molar-refractivity contribution in [2.75, 3.05) is 4.90 Å². The number of hydrogen-bond acceptors (Lipinski definition) is 4. The summed E-state index contributed by atoms with van der Waals surface area (Å²) in [6, 6.07) is 0. The van der Waals surface area contributed by atoms with Gasteiger partial charge in [0.2, 0.25) is 11.8 Å². The predicted molar refractivity (Wildman–Crippen MR) is 62.0 cm³/mol. The van der Waals surface area contributed by atoms with Crippen LogP contribution in [-0.2, 0) is 23.2 Å². The Labute approximate surface area is 99.4 Å². The molecule has 2 heterocycles. The first-order chi connectivity index (χ1) is 8.04. The Morgan fingerprint density at radius 1 is 1.41 bits per heavy atom. The van der Waals surface area contributed by atoms with Crippen LogP contribution in [0.4, 0.5) is 5.82 Å². The summed E-state index contributed by atoms with van der Waals surface area (Å²) in [4.78, 5) is 25.1.